The summed E-state index contributed by atoms with van der Waals surface area (Å²) < 4.78 is 22.6. The molecule has 5 N–H and O–H groups in total. The van der Waals surface area contributed by atoms with Crippen LogP contribution in [0.3, 0.4) is 0 Å². The molecule has 0 bridgehead atoms. The highest BCUT2D eigenvalue weighted by Gasteiger charge is 2.42. The first-order chi connectivity index (χ1) is 9.73. The molecule has 2 rings (SSSR count). The van der Waals surface area contributed by atoms with Gasteiger partial charge in [-0.05, 0) is 37.5 Å². The Morgan fingerprint density at radius 2 is 2.19 bits per heavy atom. The number of amides is 1. The molecule has 116 valence electrons. The molecule has 0 aliphatic heterocycles. The van der Waals surface area contributed by atoms with Crippen molar-refractivity contribution in [2.45, 2.75) is 43.7 Å². The van der Waals surface area contributed by atoms with E-state index in [0.717, 1.165) is 19.3 Å². The van der Waals surface area contributed by atoms with E-state index in [1.807, 2.05) is 6.92 Å². The molecular weight excluding hydrogens is 290 g/mol. The largest absolute Gasteiger partial charge is 0.352 e. The summed E-state index contributed by atoms with van der Waals surface area (Å²) in [5, 5.41) is 7.92. The van der Waals surface area contributed by atoms with E-state index in [4.69, 9.17) is 10.9 Å². The van der Waals surface area contributed by atoms with Gasteiger partial charge in [0.25, 0.3) is 0 Å². The molecule has 6 nitrogen and oxygen atoms in total. The van der Waals surface area contributed by atoms with Gasteiger partial charge in [-0.25, -0.2) is 13.6 Å². The number of hydrogen-bond donors (Lipinski definition) is 3. The number of sulfonamides is 1. The summed E-state index contributed by atoms with van der Waals surface area (Å²) in [4.78, 5) is 12.3. The maximum atomic E-state index is 12.3. The van der Waals surface area contributed by atoms with Gasteiger partial charge in [-0.1, -0.05) is 18.6 Å². The number of carbonyl (C=O) groups excluding carboxylic acids is 1. The zero-order valence-electron chi connectivity index (χ0n) is 12.0. The fourth-order valence-electron chi connectivity index (χ4n) is 2.69. The van der Waals surface area contributed by atoms with Crippen LogP contribution in [-0.2, 0) is 21.4 Å². The fraction of sp³-hybridized carbons (Fsp3) is 0.500. The standard InChI is InChI=1S/C14H21N3O3S/c1-14(7-3-6-12(14)15)13(18)17-9-10-4-2-5-11(8-10)21(16,19)20/h2,4-5,8,12H,3,6-7,9,15H2,1H3,(H,17,18)(H2,16,19,20). The van der Waals surface area contributed by atoms with Crippen molar-refractivity contribution in [1.29, 1.82) is 0 Å². The van der Waals surface area contributed by atoms with Crippen LogP contribution in [-0.4, -0.2) is 20.4 Å². The van der Waals surface area contributed by atoms with Gasteiger partial charge in [0, 0.05) is 12.6 Å². The summed E-state index contributed by atoms with van der Waals surface area (Å²) in [5.41, 5.74) is 6.15. The van der Waals surface area contributed by atoms with E-state index in [9.17, 15) is 13.2 Å². The second kappa shape index (κ2) is 5.75. The van der Waals surface area contributed by atoms with E-state index in [2.05, 4.69) is 5.32 Å². The molecule has 0 spiro atoms. The molecule has 21 heavy (non-hydrogen) atoms. The summed E-state index contributed by atoms with van der Waals surface area (Å²) in [6.07, 6.45) is 2.58. The summed E-state index contributed by atoms with van der Waals surface area (Å²) in [5.74, 6) is -0.0893. The molecule has 0 radical (unpaired) electrons. The molecular formula is C14H21N3O3S. The second-order valence-electron chi connectivity index (χ2n) is 5.79. The zero-order chi connectivity index (χ0) is 15.7. The van der Waals surface area contributed by atoms with Gasteiger partial charge in [-0.3, -0.25) is 4.79 Å². The maximum absolute atomic E-state index is 12.3. The minimum atomic E-state index is -3.73. The third kappa shape index (κ3) is 3.42. The van der Waals surface area contributed by atoms with Gasteiger partial charge in [0.1, 0.15) is 0 Å². The number of nitrogens with two attached hydrogens (primary N) is 2. The van der Waals surface area contributed by atoms with Gasteiger partial charge >= 0.3 is 0 Å². The minimum absolute atomic E-state index is 0.0398. The Bertz CT molecular complexity index is 645. The van der Waals surface area contributed by atoms with Crippen molar-refractivity contribution in [2.75, 3.05) is 0 Å². The molecule has 0 heterocycles. The van der Waals surface area contributed by atoms with Crippen molar-refractivity contribution in [3.63, 3.8) is 0 Å². The van der Waals surface area contributed by atoms with Crippen molar-refractivity contribution >= 4 is 15.9 Å². The van der Waals surface area contributed by atoms with Crippen LogP contribution in [0.4, 0.5) is 0 Å². The van der Waals surface area contributed by atoms with Gasteiger partial charge in [0.05, 0.1) is 10.3 Å². The van der Waals surface area contributed by atoms with Crippen LogP contribution in [0.25, 0.3) is 0 Å². The molecule has 1 aromatic carbocycles. The Balaban J connectivity index is 2.05. The monoisotopic (exact) mass is 311 g/mol. The highest BCUT2D eigenvalue weighted by molar-refractivity contribution is 7.89. The van der Waals surface area contributed by atoms with Crippen LogP contribution in [0.5, 0.6) is 0 Å². The first-order valence-electron chi connectivity index (χ1n) is 6.89. The number of nitrogens with one attached hydrogen (secondary N) is 1. The lowest BCUT2D eigenvalue weighted by molar-refractivity contribution is -0.130. The zero-order valence-corrected chi connectivity index (χ0v) is 12.8. The minimum Gasteiger partial charge on any atom is -0.352 e. The molecule has 0 saturated heterocycles. The lowest BCUT2D eigenvalue weighted by Crippen LogP contribution is -2.47. The average Bonchev–Trinajstić information content (AvgIpc) is 2.77. The Kier molecular flexibility index (Phi) is 4.36. The lowest BCUT2D eigenvalue weighted by atomic mass is 9.84. The Labute approximate surface area is 124 Å². The van der Waals surface area contributed by atoms with Crippen LogP contribution in [0.2, 0.25) is 0 Å². The highest BCUT2D eigenvalue weighted by atomic mass is 32.2. The van der Waals surface area contributed by atoms with Crippen LogP contribution in [0, 0.1) is 5.41 Å². The summed E-state index contributed by atoms with van der Waals surface area (Å²) in [6, 6.07) is 6.10. The van der Waals surface area contributed by atoms with E-state index in [0.29, 0.717) is 5.56 Å². The van der Waals surface area contributed by atoms with Gasteiger partial charge in [0.15, 0.2) is 0 Å². The van der Waals surface area contributed by atoms with E-state index in [1.54, 1.807) is 12.1 Å². The van der Waals surface area contributed by atoms with Crippen LogP contribution in [0.1, 0.15) is 31.7 Å². The predicted octanol–water partition coefficient (Wildman–Crippen LogP) is 0.468. The van der Waals surface area contributed by atoms with E-state index >= 15 is 0 Å². The number of carbonyl (C=O) groups is 1. The number of rotatable bonds is 4. The smallest absolute Gasteiger partial charge is 0.238 e. The van der Waals surface area contributed by atoms with Crippen LogP contribution >= 0.6 is 0 Å². The predicted molar refractivity (Wildman–Crippen MR) is 79.6 cm³/mol. The molecule has 0 aromatic heterocycles. The fourth-order valence-corrected chi connectivity index (χ4v) is 3.28. The Morgan fingerprint density at radius 3 is 2.76 bits per heavy atom. The van der Waals surface area contributed by atoms with Crippen LogP contribution < -0.4 is 16.2 Å². The molecule has 7 heteroatoms. The Hall–Kier alpha value is -1.44. The first-order valence-corrected chi connectivity index (χ1v) is 8.44. The Morgan fingerprint density at radius 1 is 1.48 bits per heavy atom. The third-order valence-electron chi connectivity index (χ3n) is 4.23. The summed E-state index contributed by atoms with van der Waals surface area (Å²) in [6.45, 7) is 2.13. The van der Waals surface area contributed by atoms with Gasteiger partial charge in [0.2, 0.25) is 15.9 Å². The first kappa shape index (κ1) is 15.9. The molecule has 1 aromatic rings. The molecule has 1 amide bonds. The molecule has 2 unspecified atom stereocenters. The number of hydrogen-bond acceptors (Lipinski definition) is 4. The summed E-state index contributed by atoms with van der Waals surface area (Å²) in [7, 11) is -3.73. The van der Waals surface area contributed by atoms with Crippen molar-refractivity contribution in [3.8, 4) is 0 Å². The highest BCUT2D eigenvalue weighted by Crippen LogP contribution is 2.36. The van der Waals surface area contributed by atoms with E-state index in [-0.39, 0.29) is 23.4 Å². The summed E-state index contributed by atoms with van der Waals surface area (Å²) >= 11 is 0. The van der Waals surface area contributed by atoms with E-state index in [1.165, 1.54) is 12.1 Å². The molecule has 1 aliphatic carbocycles. The molecule has 1 aliphatic rings. The molecule has 1 fully saturated rings. The second-order valence-corrected chi connectivity index (χ2v) is 7.35. The van der Waals surface area contributed by atoms with Gasteiger partial charge < -0.3 is 11.1 Å². The topological polar surface area (TPSA) is 115 Å². The molecule has 1 saturated carbocycles. The van der Waals surface area contributed by atoms with Crippen molar-refractivity contribution in [3.05, 3.63) is 29.8 Å². The SMILES string of the molecule is CC1(C(=O)NCc2cccc(S(N)(=O)=O)c2)CCCC1N. The third-order valence-corrected chi connectivity index (χ3v) is 5.14. The maximum Gasteiger partial charge on any atom is 0.238 e. The van der Waals surface area contributed by atoms with Gasteiger partial charge in [-0.2, -0.15) is 0 Å². The van der Waals surface area contributed by atoms with Crippen LogP contribution in [0.15, 0.2) is 29.2 Å². The van der Waals surface area contributed by atoms with Crippen molar-refractivity contribution in [2.24, 2.45) is 16.3 Å². The molecule has 2 atom stereocenters. The normalized spacial score (nSPS) is 25.8. The van der Waals surface area contributed by atoms with Crippen molar-refractivity contribution in [1.82, 2.24) is 5.32 Å². The van der Waals surface area contributed by atoms with Crippen molar-refractivity contribution < 1.29 is 13.2 Å². The lowest BCUT2D eigenvalue weighted by Gasteiger charge is -2.27. The number of primary sulfonamides is 1. The number of benzene rings is 1. The van der Waals surface area contributed by atoms with Gasteiger partial charge in [-0.15, -0.1) is 0 Å². The quantitative estimate of drug-likeness (QED) is 0.749. The average molecular weight is 311 g/mol. The van der Waals surface area contributed by atoms with E-state index < -0.39 is 15.4 Å².